The number of hydrogen-bond acceptors (Lipinski definition) is 5. The van der Waals surface area contributed by atoms with Crippen molar-refractivity contribution in [2.75, 3.05) is 10.6 Å². The van der Waals surface area contributed by atoms with E-state index in [4.69, 9.17) is 16.1 Å². The Morgan fingerprint density at radius 3 is 2.39 bits per heavy atom. The van der Waals surface area contributed by atoms with E-state index in [2.05, 4.69) is 20.8 Å². The summed E-state index contributed by atoms with van der Waals surface area (Å²) in [6, 6.07) is 14.2. The van der Waals surface area contributed by atoms with Crippen LogP contribution in [-0.2, 0) is 16.0 Å². The van der Waals surface area contributed by atoms with E-state index in [-0.39, 0.29) is 11.8 Å². The Kier molecular flexibility index (Phi) is 6.39. The van der Waals surface area contributed by atoms with Crippen LogP contribution in [0.3, 0.4) is 0 Å². The lowest BCUT2D eigenvalue weighted by molar-refractivity contribution is -0.116. The van der Waals surface area contributed by atoms with Crippen molar-refractivity contribution >= 4 is 34.8 Å². The number of nitrogens with zero attached hydrogens (tertiary/aromatic N) is 2. The number of anilines is 2. The minimum atomic E-state index is -0.143. The summed E-state index contributed by atoms with van der Waals surface area (Å²) in [4.78, 5) is 27.4. The molecule has 0 radical (unpaired) electrons. The molecule has 2 amide bonds. The van der Waals surface area contributed by atoms with E-state index in [9.17, 15) is 9.59 Å². The first-order chi connectivity index (χ1) is 13.5. The van der Waals surface area contributed by atoms with Crippen LogP contribution >= 0.6 is 11.6 Å². The van der Waals surface area contributed by atoms with Crippen LogP contribution in [0.1, 0.15) is 25.7 Å². The summed E-state index contributed by atoms with van der Waals surface area (Å²) in [5.74, 6) is 0.639. The molecule has 0 spiro atoms. The molecule has 7 nitrogen and oxygen atoms in total. The first kappa shape index (κ1) is 19.6. The number of nitrogens with one attached hydrogen (secondary N) is 2. The molecule has 1 aromatic heterocycles. The highest BCUT2D eigenvalue weighted by atomic mass is 35.5. The van der Waals surface area contributed by atoms with E-state index in [0.29, 0.717) is 52.9 Å². The van der Waals surface area contributed by atoms with Crippen LogP contribution in [0.5, 0.6) is 0 Å². The number of benzene rings is 2. The van der Waals surface area contributed by atoms with Gasteiger partial charge in [0.25, 0.3) is 0 Å². The molecule has 0 unspecified atom stereocenters. The number of hydrogen-bond donors (Lipinski definition) is 2. The highest BCUT2D eigenvalue weighted by Crippen LogP contribution is 2.25. The van der Waals surface area contributed by atoms with Gasteiger partial charge in [-0.2, -0.15) is 4.98 Å². The van der Waals surface area contributed by atoms with Crippen molar-refractivity contribution in [3.05, 3.63) is 59.4 Å². The highest BCUT2D eigenvalue weighted by molar-refractivity contribution is 6.33. The van der Waals surface area contributed by atoms with Crippen molar-refractivity contribution < 1.29 is 14.1 Å². The lowest BCUT2D eigenvalue weighted by Gasteiger charge is -2.06. The topological polar surface area (TPSA) is 97.1 Å². The van der Waals surface area contributed by atoms with Crippen LogP contribution in [0.2, 0.25) is 5.02 Å². The average Bonchev–Trinajstić information content (AvgIpc) is 3.12. The fraction of sp³-hybridized carbons (Fsp3) is 0.200. The van der Waals surface area contributed by atoms with Crippen LogP contribution < -0.4 is 10.6 Å². The van der Waals surface area contributed by atoms with Gasteiger partial charge >= 0.3 is 0 Å². The lowest BCUT2D eigenvalue weighted by Crippen LogP contribution is -2.11. The number of halogens is 1. The summed E-state index contributed by atoms with van der Waals surface area (Å²) in [7, 11) is 0. The molecule has 2 aromatic carbocycles. The van der Waals surface area contributed by atoms with Crippen LogP contribution in [0.15, 0.2) is 53.1 Å². The molecule has 144 valence electrons. The molecule has 0 saturated heterocycles. The van der Waals surface area contributed by atoms with Gasteiger partial charge in [-0.05, 0) is 42.8 Å². The van der Waals surface area contributed by atoms with Crippen molar-refractivity contribution in [3.63, 3.8) is 0 Å². The Bertz CT molecular complexity index is 970. The zero-order valence-electron chi connectivity index (χ0n) is 15.2. The fourth-order valence-corrected chi connectivity index (χ4v) is 2.79. The third-order valence-corrected chi connectivity index (χ3v) is 4.20. The number of amides is 2. The standard InChI is InChI=1S/C20H19ClN4O3/c1-13(26)22-14-9-11-15(12-10-14)23-18(27)7-4-8-19-24-20(25-28-19)16-5-2-3-6-17(16)21/h2-3,5-6,9-12H,4,7-8H2,1H3,(H,22,26)(H,23,27). The van der Waals surface area contributed by atoms with Crippen molar-refractivity contribution in [2.24, 2.45) is 0 Å². The van der Waals surface area contributed by atoms with Gasteiger partial charge in [0.15, 0.2) is 0 Å². The summed E-state index contributed by atoms with van der Waals surface area (Å²) < 4.78 is 5.23. The lowest BCUT2D eigenvalue weighted by atomic mass is 10.2. The number of rotatable bonds is 7. The molecule has 0 bridgehead atoms. The smallest absolute Gasteiger partial charge is 0.226 e. The molecule has 0 fully saturated rings. The van der Waals surface area contributed by atoms with Crippen molar-refractivity contribution in [1.29, 1.82) is 0 Å². The molecule has 0 aliphatic heterocycles. The minimum absolute atomic E-state index is 0.113. The summed E-state index contributed by atoms with van der Waals surface area (Å²) in [6.07, 6.45) is 1.38. The highest BCUT2D eigenvalue weighted by Gasteiger charge is 2.12. The fourth-order valence-electron chi connectivity index (χ4n) is 2.57. The minimum Gasteiger partial charge on any atom is -0.339 e. The summed E-state index contributed by atoms with van der Waals surface area (Å²) in [5.41, 5.74) is 2.05. The van der Waals surface area contributed by atoms with Gasteiger partial charge in [-0.1, -0.05) is 28.9 Å². The van der Waals surface area contributed by atoms with Gasteiger partial charge in [-0.3, -0.25) is 9.59 Å². The largest absolute Gasteiger partial charge is 0.339 e. The van der Waals surface area contributed by atoms with Crippen molar-refractivity contribution in [2.45, 2.75) is 26.2 Å². The predicted octanol–water partition coefficient (Wildman–Crippen LogP) is 4.31. The van der Waals surface area contributed by atoms with Crippen molar-refractivity contribution in [1.82, 2.24) is 10.1 Å². The van der Waals surface area contributed by atoms with Crippen LogP contribution in [0.4, 0.5) is 11.4 Å². The SMILES string of the molecule is CC(=O)Nc1ccc(NC(=O)CCCc2nc(-c3ccccc3Cl)no2)cc1. The Morgan fingerprint density at radius 1 is 1.04 bits per heavy atom. The van der Waals surface area contributed by atoms with Crippen LogP contribution in [0, 0.1) is 0 Å². The maximum atomic E-state index is 12.1. The van der Waals surface area contributed by atoms with E-state index in [0.717, 1.165) is 0 Å². The molecule has 1 heterocycles. The molecule has 0 saturated carbocycles. The van der Waals surface area contributed by atoms with Gasteiger partial charge in [0.1, 0.15) is 0 Å². The second kappa shape index (κ2) is 9.14. The number of carbonyl (C=O) groups is 2. The molecule has 8 heteroatoms. The van der Waals surface area contributed by atoms with E-state index in [1.54, 1.807) is 30.3 Å². The maximum Gasteiger partial charge on any atom is 0.226 e. The maximum absolute atomic E-state index is 12.1. The first-order valence-electron chi connectivity index (χ1n) is 8.76. The van der Waals surface area contributed by atoms with Gasteiger partial charge in [-0.25, -0.2) is 0 Å². The Labute approximate surface area is 167 Å². The van der Waals surface area contributed by atoms with Gasteiger partial charge in [0, 0.05) is 36.7 Å². The molecular formula is C20H19ClN4O3. The molecule has 0 atom stereocenters. The number of aromatic nitrogens is 2. The Balaban J connectivity index is 1.47. The summed E-state index contributed by atoms with van der Waals surface area (Å²) in [5, 5.41) is 9.98. The van der Waals surface area contributed by atoms with Gasteiger partial charge in [0.05, 0.1) is 5.02 Å². The zero-order chi connectivity index (χ0) is 19.9. The Morgan fingerprint density at radius 2 is 1.71 bits per heavy atom. The first-order valence-corrected chi connectivity index (χ1v) is 9.14. The molecule has 0 aliphatic carbocycles. The zero-order valence-corrected chi connectivity index (χ0v) is 16.0. The van der Waals surface area contributed by atoms with Crippen LogP contribution in [0.25, 0.3) is 11.4 Å². The molecule has 0 aliphatic rings. The average molecular weight is 399 g/mol. The molecule has 2 N–H and O–H groups in total. The van der Waals surface area contributed by atoms with Gasteiger partial charge in [0.2, 0.25) is 23.5 Å². The quantitative estimate of drug-likeness (QED) is 0.618. The number of carbonyl (C=O) groups excluding carboxylic acids is 2. The molecular weight excluding hydrogens is 380 g/mol. The number of aryl methyl sites for hydroxylation is 1. The van der Waals surface area contributed by atoms with E-state index >= 15 is 0 Å². The van der Waals surface area contributed by atoms with Crippen LogP contribution in [-0.4, -0.2) is 22.0 Å². The third kappa shape index (κ3) is 5.40. The van der Waals surface area contributed by atoms with E-state index in [1.165, 1.54) is 6.92 Å². The third-order valence-electron chi connectivity index (χ3n) is 3.87. The summed E-state index contributed by atoms with van der Waals surface area (Å²) in [6.45, 7) is 1.44. The van der Waals surface area contributed by atoms with Gasteiger partial charge < -0.3 is 15.2 Å². The molecule has 3 aromatic rings. The van der Waals surface area contributed by atoms with Crippen molar-refractivity contribution in [3.8, 4) is 11.4 Å². The molecule has 3 rings (SSSR count). The Hall–Kier alpha value is -3.19. The normalized spacial score (nSPS) is 10.5. The monoisotopic (exact) mass is 398 g/mol. The molecule has 28 heavy (non-hydrogen) atoms. The van der Waals surface area contributed by atoms with E-state index < -0.39 is 0 Å². The second-order valence-corrected chi connectivity index (χ2v) is 6.56. The van der Waals surface area contributed by atoms with E-state index in [1.807, 2.05) is 18.2 Å². The van der Waals surface area contributed by atoms with Gasteiger partial charge in [-0.15, -0.1) is 0 Å². The summed E-state index contributed by atoms with van der Waals surface area (Å²) >= 11 is 6.13. The predicted molar refractivity (Wildman–Crippen MR) is 107 cm³/mol. The second-order valence-electron chi connectivity index (χ2n) is 6.15.